The fraction of sp³-hybridized carbons (Fsp3) is 0.118. The number of hydrogen-bond donors (Lipinski definition) is 1. The van der Waals surface area contributed by atoms with Crippen molar-refractivity contribution in [2.45, 2.75) is 6.61 Å². The number of fused-ring (bicyclic) bond motifs is 1. The summed E-state index contributed by atoms with van der Waals surface area (Å²) in [5.41, 5.74) is 0.279. The maximum Gasteiger partial charge on any atom is 0.342 e. The zero-order chi connectivity index (χ0) is 18.0. The molecule has 3 rings (SSSR count). The summed E-state index contributed by atoms with van der Waals surface area (Å²) in [7, 11) is 1.38. The van der Waals surface area contributed by atoms with Crippen molar-refractivity contribution >= 4 is 23.2 Å². The van der Waals surface area contributed by atoms with Gasteiger partial charge in [0, 0.05) is 12.3 Å². The largest absolute Gasteiger partial charge is 0.504 e. The zero-order valence-electron chi connectivity index (χ0n) is 13.1. The molecule has 1 N–H and O–H groups in total. The van der Waals surface area contributed by atoms with Crippen LogP contribution in [0, 0.1) is 0 Å². The van der Waals surface area contributed by atoms with Gasteiger partial charge in [-0.3, -0.25) is 9.20 Å². The van der Waals surface area contributed by atoms with Gasteiger partial charge in [0.15, 0.2) is 11.5 Å². The highest BCUT2D eigenvalue weighted by Crippen LogP contribution is 2.29. The summed E-state index contributed by atoms with van der Waals surface area (Å²) in [5, 5.41) is 10.4. The summed E-state index contributed by atoms with van der Waals surface area (Å²) >= 11 is 5.85. The number of benzene rings is 1. The minimum Gasteiger partial charge on any atom is -0.504 e. The highest BCUT2D eigenvalue weighted by Gasteiger charge is 2.16. The van der Waals surface area contributed by atoms with Crippen LogP contribution in [0.2, 0.25) is 5.02 Å². The molecule has 0 amide bonds. The number of halogens is 1. The molecule has 8 heteroatoms. The third-order valence-corrected chi connectivity index (χ3v) is 3.69. The fourth-order valence-electron chi connectivity index (χ4n) is 2.27. The Morgan fingerprint density at radius 3 is 2.88 bits per heavy atom. The summed E-state index contributed by atoms with van der Waals surface area (Å²) in [6.07, 6.45) is 1.45. The third-order valence-electron chi connectivity index (χ3n) is 3.47. The van der Waals surface area contributed by atoms with Gasteiger partial charge in [-0.25, -0.2) is 9.78 Å². The second kappa shape index (κ2) is 6.82. The molecule has 0 saturated carbocycles. The van der Waals surface area contributed by atoms with E-state index in [-0.39, 0.29) is 34.9 Å². The Bertz CT molecular complexity index is 1020. The van der Waals surface area contributed by atoms with E-state index in [1.165, 1.54) is 35.9 Å². The second-order valence-corrected chi connectivity index (χ2v) is 5.53. The molecular weight excluding hydrogens is 348 g/mol. The van der Waals surface area contributed by atoms with Crippen LogP contribution in [0.5, 0.6) is 11.5 Å². The Hall–Kier alpha value is -3.06. The number of hydrogen-bond acceptors (Lipinski definition) is 6. The lowest BCUT2D eigenvalue weighted by atomic mass is 10.2. The van der Waals surface area contributed by atoms with Gasteiger partial charge in [-0.1, -0.05) is 17.7 Å². The standard InChI is InChI=1S/C17H13ClN2O5/c1-24-13-4-2-3-12(16(13)22)17(23)25-9-11-7-15(21)20-8-10(18)5-6-14(20)19-11/h2-8,22H,9H2,1H3. The number of esters is 1. The lowest BCUT2D eigenvalue weighted by molar-refractivity contribution is 0.0463. The van der Waals surface area contributed by atoms with E-state index in [0.29, 0.717) is 10.7 Å². The van der Waals surface area contributed by atoms with E-state index in [9.17, 15) is 14.7 Å². The Morgan fingerprint density at radius 2 is 2.12 bits per heavy atom. The minimum atomic E-state index is -0.755. The Morgan fingerprint density at radius 1 is 1.32 bits per heavy atom. The van der Waals surface area contributed by atoms with E-state index in [1.54, 1.807) is 18.2 Å². The van der Waals surface area contributed by atoms with Gasteiger partial charge in [-0.05, 0) is 24.3 Å². The Balaban J connectivity index is 1.82. The lowest BCUT2D eigenvalue weighted by Crippen LogP contribution is -2.16. The number of aromatic hydroxyl groups is 1. The first-order valence-electron chi connectivity index (χ1n) is 7.20. The highest BCUT2D eigenvalue weighted by molar-refractivity contribution is 6.30. The van der Waals surface area contributed by atoms with E-state index in [1.807, 2.05) is 0 Å². The summed E-state index contributed by atoms with van der Waals surface area (Å²) in [4.78, 5) is 28.4. The molecule has 7 nitrogen and oxygen atoms in total. The summed E-state index contributed by atoms with van der Waals surface area (Å²) < 4.78 is 11.4. The third kappa shape index (κ3) is 3.41. The maximum atomic E-state index is 12.1. The topological polar surface area (TPSA) is 90.1 Å². The van der Waals surface area contributed by atoms with E-state index in [4.69, 9.17) is 21.1 Å². The molecule has 0 saturated heterocycles. The molecule has 2 aromatic heterocycles. The van der Waals surface area contributed by atoms with E-state index < -0.39 is 5.97 Å². The van der Waals surface area contributed by atoms with Crippen LogP contribution in [0.25, 0.3) is 5.65 Å². The number of carbonyl (C=O) groups is 1. The monoisotopic (exact) mass is 360 g/mol. The van der Waals surface area contributed by atoms with E-state index in [0.717, 1.165) is 0 Å². The predicted octanol–water partition coefficient (Wildman–Crippen LogP) is 2.42. The molecule has 1 aromatic carbocycles. The smallest absolute Gasteiger partial charge is 0.342 e. The van der Waals surface area contributed by atoms with E-state index >= 15 is 0 Å². The SMILES string of the molecule is COc1cccc(C(=O)OCc2cc(=O)n3cc(Cl)ccc3n2)c1O. The average molecular weight is 361 g/mol. The molecule has 25 heavy (non-hydrogen) atoms. The van der Waals surface area contributed by atoms with Gasteiger partial charge in [0.1, 0.15) is 17.8 Å². The van der Waals surface area contributed by atoms with Gasteiger partial charge in [0.05, 0.1) is 17.8 Å². The summed E-state index contributed by atoms with van der Waals surface area (Å²) in [6, 6.07) is 8.92. The van der Waals surface area contributed by atoms with Crippen LogP contribution in [-0.2, 0) is 11.3 Å². The van der Waals surface area contributed by atoms with Crippen LogP contribution >= 0.6 is 11.6 Å². The number of aromatic nitrogens is 2. The van der Waals surface area contributed by atoms with Crippen LogP contribution in [-0.4, -0.2) is 27.6 Å². The van der Waals surface area contributed by atoms with Gasteiger partial charge in [0.2, 0.25) is 0 Å². The number of pyridine rings is 1. The van der Waals surface area contributed by atoms with Crippen LogP contribution in [0.15, 0.2) is 47.4 Å². The van der Waals surface area contributed by atoms with E-state index in [2.05, 4.69) is 4.98 Å². The van der Waals surface area contributed by atoms with Gasteiger partial charge < -0.3 is 14.6 Å². The summed E-state index contributed by atoms with van der Waals surface area (Å²) in [6.45, 7) is -0.218. The number of carbonyl (C=O) groups excluding carboxylic acids is 1. The van der Waals surface area contributed by atoms with Crippen LogP contribution in [0.1, 0.15) is 16.1 Å². The molecule has 0 atom stereocenters. The van der Waals surface area contributed by atoms with Crippen molar-refractivity contribution in [3.63, 3.8) is 0 Å². The maximum absolute atomic E-state index is 12.1. The van der Waals surface area contributed by atoms with Gasteiger partial charge in [0.25, 0.3) is 5.56 Å². The fourth-order valence-corrected chi connectivity index (χ4v) is 2.43. The average Bonchev–Trinajstić information content (AvgIpc) is 2.60. The van der Waals surface area contributed by atoms with Crippen LogP contribution < -0.4 is 10.3 Å². The molecule has 0 radical (unpaired) electrons. The first-order chi connectivity index (χ1) is 12.0. The second-order valence-electron chi connectivity index (χ2n) is 5.09. The van der Waals surface area contributed by atoms with Gasteiger partial charge in [-0.15, -0.1) is 0 Å². The molecule has 0 aliphatic carbocycles. The number of ether oxygens (including phenoxy) is 2. The molecule has 0 bridgehead atoms. The number of methoxy groups -OCH3 is 1. The van der Waals surface area contributed by atoms with Crippen molar-refractivity contribution in [2.24, 2.45) is 0 Å². The van der Waals surface area contributed by atoms with Crippen molar-refractivity contribution in [2.75, 3.05) is 7.11 Å². The number of nitrogens with zero attached hydrogens (tertiary/aromatic N) is 2. The summed E-state index contributed by atoms with van der Waals surface area (Å²) in [5.74, 6) is -0.904. The lowest BCUT2D eigenvalue weighted by Gasteiger charge is -2.09. The normalized spacial score (nSPS) is 10.6. The number of phenolic OH excluding ortho intramolecular Hbond substituents is 1. The van der Waals surface area contributed by atoms with Crippen LogP contribution in [0.3, 0.4) is 0 Å². The molecule has 0 fully saturated rings. The first kappa shape index (κ1) is 16.8. The quantitative estimate of drug-likeness (QED) is 0.719. The number of phenols is 1. The van der Waals surface area contributed by atoms with Crippen molar-refractivity contribution in [3.8, 4) is 11.5 Å². The number of para-hydroxylation sites is 1. The van der Waals surface area contributed by atoms with Crippen LogP contribution in [0.4, 0.5) is 0 Å². The molecule has 128 valence electrons. The molecule has 0 spiro atoms. The predicted molar refractivity (Wildman–Crippen MR) is 90.3 cm³/mol. The number of rotatable bonds is 4. The van der Waals surface area contributed by atoms with Crippen molar-refractivity contribution in [1.29, 1.82) is 0 Å². The zero-order valence-corrected chi connectivity index (χ0v) is 13.9. The molecule has 0 aliphatic heterocycles. The van der Waals surface area contributed by atoms with Gasteiger partial charge >= 0.3 is 5.97 Å². The highest BCUT2D eigenvalue weighted by atomic mass is 35.5. The minimum absolute atomic E-state index is 0.0383. The molecule has 3 aromatic rings. The van der Waals surface area contributed by atoms with Crippen molar-refractivity contribution < 1.29 is 19.4 Å². The van der Waals surface area contributed by atoms with Crippen molar-refractivity contribution in [3.05, 3.63) is 69.2 Å². The first-order valence-corrected chi connectivity index (χ1v) is 7.58. The molecule has 0 aliphatic rings. The Kier molecular flexibility index (Phi) is 4.58. The molecule has 2 heterocycles. The molecule has 0 unspecified atom stereocenters. The van der Waals surface area contributed by atoms with Gasteiger partial charge in [-0.2, -0.15) is 0 Å². The Labute approximate surface area is 147 Å². The molecular formula is C17H13ClN2O5. The van der Waals surface area contributed by atoms with Crippen molar-refractivity contribution in [1.82, 2.24) is 9.38 Å².